The van der Waals surface area contributed by atoms with Gasteiger partial charge in [0, 0.05) is 6.61 Å². The highest BCUT2D eigenvalue weighted by atomic mass is 19.1. The number of ether oxygens (including phenoxy) is 1. The molecule has 0 heterocycles. The number of carbonyl (C=O) groups excluding carboxylic acids is 1. The summed E-state index contributed by atoms with van der Waals surface area (Å²) in [5, 5.41) is 0. The van der Waals surface area contributed by atoms with E-state index in [1.54, 1.807) is 13.8 Å². The third-order valence-electron chi connectivity index (χ3n) is 2.10. The fourth-order valence-corrected chi connectivity index (χ4v) is 0.764. The summed E-state index contributed by atoms with van der Waals surface area (Å²) in [6.45, 7) is 7.38. The first-order valence-corrected chi connectivity index (χ1v) is 4.29. The Bertz CT molecular complexity index is 157. The van der Waals surface area contributed by atoms with Gasteiger partial charge in [-0.3, -0.25) is 4.79 Å². The standard InChI is InChI=1S/C9H17FO2/c1-5-6-12-9(4,7(2)3)8(10)11/h7H,5-6H2,1-4H3. The topological polar surface area (TPSA) is 26.3 Å². The molecule has 3 heteroatoms. The van der Waals surface area contributed by atoms with Gasteiger partial charge in [-0.2, -0.15) is 4.39 Å². The number of rotatable bonds is 5. The number of hydrogen-bond acceptors (Lipinski definition) is 2. The third kappa shape index (κ3) is 2.55. The molecule has 0 aliphatic heterocycles. The Morgan fingerprint density at radius 1 is 1.58 bits per heavy atom. The van der Waals surface area contributed by atoms with E-state index in [-0.39, 0.29) is 5.92 Å². The van der Waals surface area contributed by atoms with Crippen molar-refractivity contribution in [2.24, 2.45) is 5.92 Å². The van der Waals surface area contributed by atoms with Crippen LogP contribution in [0.3, 0.4) is 0 Å². The molecule has 0 rings (SSSR count). The van der Waals surface area contributed by atoms with Crippen molar-refractivity contribution in [1.82, 2.24) is 0 Å². The van der Waals surface area contributed by atoms with E-state index in [9.17, 15) is 9.18 Å². The monoisotopic (exact) mass is 176 g/mol. The van der Waals surface area contributed by atoms with Crippen molar-refractivity contribution in [2.45, 2.75) is 39.7 Å². The van der Waals surface area contributed by atoms with E-state index in [1.807, 2.05) is 6.92 Å². The lowest BCUT2D eigenvalue weighted by atomic mass is 9.93. The molecule has 0 aliphatic carbocycles. The number of carbonyl (C=O) groups is 1. The molecule has 0 N–H and O–H groups in total. The molecular weight excluding hydrogens is 159 g/mol. The average Bonchev–Trinajstić information content (AvgIpc) is 1.99. The van der Waals surface area contributed by atoms with Crippen LogP contribution in [0.2, 0.25) is 0 Å². The van der Waals surface area contributed by atoms with Gasteiger partial charge >= 0.3 is 6.04 Å². The molecule has 0 aromatic carbocycles. The normalized spacial score (nSPS) is 16.2. The van der Waals surface area contributed by atoms with Crippen LogP contribution in [0.15, 0.2) is 0 Å². The predicted octanol–water partition coefficient (Wildman–Crippen LogP) is 2.32. The lowest BCUT2D eigenvalue weighted by molar-refractivity contribution is -0.160. The maximum atomic E-state index is 12.6. The highest BCUT2D eigenvalue weighted by Crippen LogP contribution is 2.23. The van der Waals surface area contributed by atoms with E-state index < -0.39 is 11.6 Å². The van der Waals surface area contributed by atoms with Crippen molar-refractivity contribution in [3.05, 3.63) is 0 Å². The Labute approximate surface area is 73.1 Å². The van der Waals surface area contributed by atoms with Crippen LogP contribution in [-0.2, 0) is 9.53 Å². The minimum absolute atomic E-state index is 0.137. The molecule has 0 saturated heterocycles. The van der Waals surface area contributed by atoms with Crippen LogP contribution in [0.1, 0.15) is 34.1 Å². The zero-order chi connectivity index (χ0) is 9.78. The molecule has 0 aromatic rings. The van der Waals surface area contributed by atoms with Crippen LogP contribution in [-0.4, -0.2) is 18.2 Å². The van der Waals surface area contributed by atoms with E-state index in [4.69, 9.17) is 4.74 Å². The minimum Gasteiger partial charge on any atom is -0.364 e. The van der Waals surface area contributed by atoms with Gasteiger partial charge in [0.1, 0.15) is 0 Å². The average molecular weight is 176 g/mol. The van der Waals surface area contributed by atoms with Gasteiger partial charge in [-0.1, -0.05) is 20.8 Å². The second-order valence-corrected chi connectivity index (χ2v) is 3.38. The summed E-state index contributed by atoms with van der Waals surface area (Å²) >= 11 is 0. The first-order valence-electron chi connectivity index (χ1n) is 4.29. The van der Waals surface area contributed by atoms with Crippen LogP contribution in [0.25, 0.3) is 0 Å². The number of halogens is 1. The quantitative estimate of drug-likeness (QED) is 0.601. The van der Waals surface area contributed by atoms with E-state index in [1.165, 1.54) is 6.92 Å². The lowest BCUT2D eigenvalue weighted by Crippen LogP contribution is -2.41. The Balaban J connectivity index is 4.29. The minimum atomic E-state index is -1.38. The SMILES string of the molecule is CCCOC(C)(C(=O)F)C(C)C. The van der Waals surface area contributed by atoms with Gasteiger partial charge in [0.05, 0.1) is 0 Å². The molecule has 0 bridgehead atoms. The van der Waals surface area contributed by atoms with Crippen molar-refractivity contribution in [2.75, 3.05) is 6.61 Å². The zero-order valence-electron chi connectivity index (χ0n) is 8.19. The predicted molar refractivity (Wildman–Crippen MR) is 45.6 cm³/mol. The summed E-state index contributed by atoms with van der Waals surface area (Å²) in [5.74, 6) is -0.137. The van der Waals surface area contributed by atoms with Gasteiger partial charge in [-0.05, 0) is 19.3 Å². The molecule has 12 heavy (non-hydrogen) atoms. The maximum Gasteiger partial charge on any atom is 0.333 e. The van der Waals surface area contributed by atoms with Crippen LogP contribution in [0, 0.1) is 5.92 Å². The molecule has 0 aliphatic rings. The van der Waals surface area contributed by atoms with Crippen LogP contribution >= 0.6 is 0 Å². The van der Waals surface area contributed by atoms with Crippen molar-refractivity contribution in [3.8, 4) is 0 Å². The van der Waals surface area contributed by atoms with Crippen molar-refractivity contribution in [3.63, 3.8) is 0 Å². The molecule has 0 aromatic heterocycles. The van der Waals surface area contributed by atoms with E-state index in [2.05, 4.69) is 0 Å². The largest absolute Gasteiger partial charge is 0.364 e. The third-order valence-corrected chi connectivity index (χ3v) is 2.10. The van der Waals surface area contributed by atoms with Crippen LogP contribution in [0.5, 0.6) is 0 Å². The molecule has 0 amide bonds. The van der Waals surface area contributed by atoms with E-state index in [0.717, 1.165) is 6.42 Å². The maximum absolute atomic E-state index is 12.6. The molecule has 0 fully saturated rings. The Morgan fingerprint density at radius 3 is 2.33 bits per heavy atom. The van der Waals surface area contributed by atoms with E-state index >= 15 is 0 Å². The molecule has 72 valence electrons. The lowest BCUT2D eigenvalue weighted by Gasteiger charge is -2.28. The van der Waals surface area contributed by atoms with Crippen molar-refractivity contribution in [1.29, 1.82) is 0 Å². The Kier molecular flexibility index (Phi) is 4.39. The summed E-state index contributed by atoms with van der Waals surface area (Å²) in [4.78, 5) is 10.6. The molecule has 2 nitrogen and oxygen atoms in total. The summed E-state index contributed by atoms with van der Waals surface area (Å²) < 4.78 is 17.7. The van der Waals surface area contributed by atoms with Gasteiger partial charge in [0.2, 0.25) is 0 Å². The highest BCUT2D eigenvalue weighted by Gasteiger charge is 2.37. The Morgan fingerprint density at radius 2 is 2.08 bits per heavy atom. The smallest absolute Gasteiger partial charge is 0.333 e. The highest BCUT2D eigenvalue weighted by molar-refractivity contribution is 5.78. The zero-order valence-corrected chi connectivity index (χ0v) is 8.19. The molecule has 0 radical (unpaired) electrons. The molecular formula is C9H17FO2. The fraction of sp³-hybridized carbons (Fsp3) is 0.889. The van der Waals surface area contributed by atoms with Crippen LogP contribution < -0.4 is 0 Å². The number of hydrogen-bond donors (Lipinski definition) is 0. The van der Waals surface area contributed by atoms with Crippen LogP contribution in [0.4, 0.5) is 4.39 Å². The second-order valence-electron chi connectivity index (χ2n) is 3.38. The first-order chi connectivity index (χ1) is 5.45. The summed E-state index contributed by atoms with van der Waals surface area (Å²) in [6.07, 6.45) is 0.787. The molecule has 1 atom stereocenters. The van der Waals surface area contributed by atoms with Crippen molar-refractivity contribution < 1.29 is 13.9 Å². The Hall–Kier alpha value is -0.440. The van der Waals surface area contributed by atoms with E-state index in [0.29, 0.717) is 6.61 Å². The molecule has 0 saturated carbocycles. The summed E-state index contributed by atoms with van der Waals surface area (Å²) in [6, 6.07) is -1.38. The second kappa shape index (κ2) is 4.55. The van der Waals surface area contributed by atoms with Gasteiger partial charge < -0.3 is 4.74 Å². The van der Waals surface area contributed by atoms with Crippen molar-refractivity contribution >= 4 is 6.04 Å². The van der Waals surface area contributed by atoms with Gasteiger partial charge in [0.15, 0.2) is 5.60 Å². The molecule has 0 spiro atoms. The first kappa shape index (κ1) is 11.6. The summed E-state index contributed by atoms with van der Waals surface area (Å²) in [5.41, 5.74) is -1.25. The fourth-order valence-electron chi connectivity index (χ4n) is 0.764. The summed E-state index contributed by atoms with van der Waals surface area (Å²) in [7, 11) is 0. The van der Waals surface area contributed by atoms with Gasteiger partial charge in [-0.15, -0.1) is 0 Å². The van der Waals surface area contributed by atoms with Gasteiger partial charge in [-0.25, -0.2) is 0 Å². The van der Waals surface area contributed by atoms with Gasteiger partial charge in [0.25, 0.3) is 0 Å². The molecule has 1 unspecified atom stereocenters.